The van der Waals surface area contributed by atoms with Crippen molar-refractivity contribution in [1.82, 2.24) is 0 Å². The first-order valence-corrected chi connectivity index (χ1v) is 16.2. The molecule has 3 nitrogen and oxygen atoms in total. The first kappa shape index (κ1) is 21.9. The monoisotopic (exact) mass is 372 g/mol. The Kier molecular flexibility index (Phi) is 7.34. The molecular formula is C19H40O3Si2. The van der Waals surface area contributed by atoms with E-state index >= 15 is 0 Å². The van der Waals surface area contributed by atoms with E-state index in [4.69, 9.17) is 9.16 Å². The Labute approximate surface area is 152 Å². The lowest BCUT2D eigenvalue weighted by Gasteiger charge is -2.45. The van der Waals surface area contributed by atoms with Gasteiger partial charge in [0, 0.05) is 12.5 Å². The smallest absolute Gasteiger partial charge is 0.310 e. The van der Waals surface area contributed by atoms with Crippen LogP contribution in [0.5, 0.6) is 0 Å². The maximum Gasteiger partial charge on any atom is 0.310 e. The van der Waals surface area contributed by atoms with Gasteiger partial charge in [-0.05, 0) is 24.6 Å². The highest BCUT2D eigenvalue weighted by Crippen LogP contribution is 2.42. The molecule has 24 heavy (non-hydrogen) atoms. The molecule has 0 aromatic heterocycles. The zero-order valence-electron chi connectivity index (χ0n) is 17.5. The van der Waals surface area contributed by atoms with Crippen molar-refractivity contribution in [3.05, 3.63) is 0 Å². The number of esters is 1. The molecule has 0 N–H and O–H groups in total. The van der Waals surface area contributed by atoms with E-state index in [1.165, 1.54) is 19.3 Å². The summed E-state index contributed by atoms with van der Waals surface area (Å²) in [4.78, 5) is 12.0. The first-order chi connectivity index (χ1) is 10.8. The number of hydrogen-bond acceptors (Lipinski definition) is 3. The third kappa shape index (κ3) is 5.70. The van der Waals surface area contributed by atoms with Gasteiger partial charge in [-0.1, -0.05) is 66.6 Å². The number of ether oxygens (including phenoxy) is 1. The van der Waals surface area contributed by atoms with Crippen molar-refractivity contribution < 1.29 is 14.0 Å². The second kappa shape index (κ2) is 8.04. The number of cyclic esters (lactones) is 1. The Morgan fingerprint density at radius 2 is 1.71 bits per heavy atom. The minimum atomic E-state index is -1.80. The van der Waals surface area contributed by atoms with Gasteiger partial charge in [0.25, 0.3) is 0 Å². The largest absolute Gasteiger partial charge is 0.462 e. The molecule has 1 fully saturated rings. The SMILES string of the molecule is CCCCC[C@H](C[C@@H]1OC(=O)[C@@H]1[Si](C)(C)C)O[Si](C)(C)C(C)(C)C. The van der Waals surface area contributed by atoms with Gasteiger partial charge in [0.05, 0.1) is 13.6 Å². The van der Waals surface area contributed by atoms with Crippen LogP contribution in [0.1, 0.15) is 59.8 Å². The Morgan fingerprint density at radius 3 is 2.12 bits per heavy atom. The van der Waals surface area contributed by atoms with Crippen molar-refractivity contribution in [2.45, 2.75) is 115 Å². The van der Waals surface area contributed by atoms with Crippen LogP contribution in [0, 0.1) is 0 Å². The predicted octanol–water partition coefficient (Wildman–Crippen LogP) is 5.98. The van der Waals surface area contributed by atoms with Crippen LogP contribution in [0.3, 0.4) is 0 Å². The number of rotatable bonds is 9. The van der Waals surface area contributed by atoms with Crippen LogP contribution in [0.2, 0.25) is 43.3 Å². The van der Waals surface area contributed by atoms with Gasteiger partial charge in [-0.25, -0.2) is 0 Å². The highest BCUT2D eigenvalue weighted by atomic mass is 28.4. The lowest BCUT2D eigenvalue weighted by atomic mass is 10.0. The van der Waals surface area contributed by atoms with Crippen molar-refractivity contribution in [1.29, 1.82) is 0 Å². The molecule has 0 radical (unpaired) electrons. The molecule has 0 aromatic carbocycles. The van der Waals surface area contributed by atoms with Gasteiger partial charge >= 0.3 is 5.97 Å². The minimum absolute atomic E-state index is 0.0267. The second-order valence-electron chi connectivity index (χ2n) is 10.1. The number of carbonyl (C=O) groups is 1. The van der Waals surface area contributed by atoms with Crippen molar-refractivity contribution in [3.63, 3.8) is 0 Å². The summed E-state index contributed by atoms with van der Waals surface area (Å²) >= 11 is 0. The lowest BCUT2D eigenvalue weighted by Crippen LogP contribution is -2.54. The van der Waals surface area contributed by atoms with Crippen LogP contribution in [-0.4, -0.2) is 34.6 Å². The Balaban J connectivity index is 2.78. The molecule has 142 valence electrons. The van der Waals surface area contributed by atoms with Crippen molar-refractivity contribution >= 4 is 22.4 Å². The van der Waals surface area contributed by atoms with Crippen LogP contribution in [0.25, 0.3) is 0 Å². The van der Waals surface area contributed by atoms with Gasteiger partial charge in [-0.2, -0.15) is 0 Å². The van der Waals surface area contributed by atoms with Crippen molar-refractivity contribution in [3.8, 4) is 0 Å². The molecule has 1 heterocycles. The van der Waals surface area contributed by atoms with Gasteiger partial charge in [0.2, 0.25) is 0 Å². The summed E-state index contributed by atoms with van der Waals surface area (Å²) in [6, 6.07) is 0. The Hall–Kier alpha value is -0.136. The lowest BCUT2D eigenvalue weighted by molar-refractivity contribution is -0.172. The highest BCUT2D eigenvalue weighted by Gasteiger charge is 2.51. The van der Waals surface area contributed by atoms with Gasteiger partial charge < -0.3 is 9.16 Å². The molecule has 0 unspecified atom stereocenters. The second-order valence-corrected chi connectivity index (χ2v) is 20.2. The van der Waals surface area contributed by atoms with E-state index in [1.54, 1.807) is 0 Å². The van der Waals surface area contributed by atoms with E-state index in [9.17, 15) is 4.79 Å². The van der Waals surface area contributed by atoms with E-state index in [-0.39, 0.29) is 28.8 Å². The maximum atomic E-state index is 12.0. The van der Waals surface area contributed by atoms with E-state index in [1.807, 2.05) is 0 Å². The summed E-state index contributed by atoms with van der Waals surface area (Å²) in [5.74, 6) is 0.0267. The van der Waals surface area contributed by atoms with Crippen LogP contribution in [-0.2, 0) is 14.0 Å². The molecule has 0 spiro atoms. The van der Waals surface area contributed by atoms with E-state index in [0.717, 1.165) is 12.8 Å². The molecule has 1 aliphatic rings. The molecule has 1 aliphatic heterocycles. The van der Waals surface area contributed by atoms with Crippen molar-refractivity contribution in [2.24, 2.45) is 0 Å². The summed E-state index contributed by atoms with van der Waals surface area (Å²) in [7, 11) is -3.32. The summed E-state index contributed by atoms with van der Waals surface area (Å²) in [6.07, 6.45) is 5.97. The normalized spacial score (nSPS) is 23.6. The number of hydrogen-bond donors (Lipinski definition) is 0. The van der Waals surface area contributed by atoms with Gasteiger partial charge in [0.1, 0.15) is 6.10 Å². The molecule has 0 saturated carbocycles. The summed E-state index contributed by atoms with van der Waals surface area (Å²) in [6.45, 7) is 20.6. The van der Waals surface area contributed by atoms with Crippen LogP contribution in [0.15, 0.2) is 0 Å². The van der Waals surface area contributed by atoms with E-state index in [0.29, 0.717) is 0 Å². The molecule has 1 saturated heterocycles. The molecule has 0 bridgehead atoms. The standard InChI is InChI=1S/C19H40O3Si2/c1-10-11-12-13-15(22-24(8,9)19(2,3)4)14-16-17(18(20)21-16)23(5,6)7/h15-17H,10-14H2,1-9H3/t15-,16+,17-/m1/s1. The average Bonchev–Trinajstić information content (AvgIpc) is 2.33. The quantitative estimate of drug-likeness (QED) is 0.284. The Morgan fingerprint density at radius 1 is 1.12 bits per heavy atom. The zero-order valence-corrected chi connectivity index (χ0v) is 19.5. The molecule has 0 aliphatic carbocycles. The van der Waals surface area contributed by atoms with E-state index in [2.05, 4.69) is 60.4 Å². The summed E-state index contributed by atoms with van der Waals surface area (Å²) in [5, 5.41) is 0.213. The zero-order chi connectivity index (χ0) is 18.8. The van der Waals surface area contributed by atoms with Crippen molar-refractivity contribution in [2.75, 3.05) is 0 Å². The van der Waals surface area contributed by atoms with E-state index < -0.39 is 16.4 Å². The fraction of sp³-hybridized carbons (Fsp3) is 0.947. The van der Waals surface area contributed by atoms with Crippen LogP contribution >= 0.6 is 0 Å². The number of carbonyl (C=O) groups excluding carboxylic acids is 1. The predicted molar refractivity (Wildman–Crippen MR) is 108 cm³/mol. The van der Waals surface area contributed by atoms with Crippen LogP contribution < -0.4 is 0 Å². The third-order valence-corrected chi connectivity index (χ3v) is 12.7. The fourth-order valence-corrected chi connectivity index (χ4v) is 6.66. The highest BCUT2D eigenvalue weighted by molar-refractivity contribution is 6.81. The minimum Gasteiger partial charge on any atom is -0.462 e. The number of unbranched alkanes of at least 4 members (excludes halogenated alkanes) is 2. The van der Waals surface area contributed by atoms with Gasteiger partial charge in [-0.15, -0.1) is 0 Å². The summed E-state index contributed by atoms with van der Waals surface area (Å²) < 4.78 is 12.3. The molecular weight excluding hydrogens is 332 g/mol. The molecule has 0 amide bonds. The van der Waals surface area contributed by atoms with Gasteiger partial charge in [-0.3, -0.25) is 4.79 Å². The molecule has 0 aromatic rings. The topological polar surface area (TPSA) is 35.5 Å². The summed E-state index contributed by atoms with van der Waals surface area (Å²) in [5.41, 5.74) is 0.147. The molecule has 1 rings (SSSR count). The molecule has 5 heteroatoms. The molecule has 3 atom stereocenters. The fourth-order valence-electron chi connectivity index (χ4n) is 3.16. The van der Waals surface area contributed by atoms with Gasteiger partial charge in [0.15, 0.2) is 8.32 Å². The average molecular weight is 373 g/mol. The third-order valence-electron chi connectivity index (χ3n) is 5.72. The maximum absolute atomic E-state index is 12.0. The Bertz CT molecular complexity index is 421. The van der Waals surface area contributed by atoms with Crippen LogP contribution in [0.4, 0.5) is 0 Å². The first-order valence-electron chi connectivity index (χ1n) is 9.68.